The van der Waals surface area contributed by atoms with Crippen LogP contribution in [0.1, 0.15) is 31.2 Å². The zero-order valence-electron chi connectivity index (χ0n) is 13.5. The molecule has 1 unspecified atom stereocenters. The summed E-state index contributed by atoms with van der Waals surface area (Å²) in [6.45, 7) is 2.87. The maximum absolute atomic E-state index is 12.9. The van der Waals surface area contributed by atoms with Crippen LogP contribution in [0.3, 0.4) is 0 Å². The molecule has 4 heteroatoms. The molecule has 1 aromatic rings. The van der Waals surface area contributed by atoms with E-state index in [0.29, 0.717) is 12.5 Å². The van der Waals surface area contributed by atoms with E-state index in [1.165, 1.54) is 0 Å². The first-order valence-corrected chi connectivity index (χ1v) is 8.98. The lowest BCUT2D eigenvalue weighted by Crippen LogP contribution is -2.49. The van der Waals surface area contributed by atoms with E-state index in [2.05, 4.69) is 10.6 Å². The number of aliphatic hydroxyl groups is 1. The molecule has 0 spiro atoms. The molecule has 2 saturated carbocycles. The van der Waals surface area contributed by atoms with E-state index >= 15 is 0 Å². The number of amides is 1. The number of nitrogens with one attached hydrogen (secondary N) is 2. The minimum absolute atomic E-state index is 0.0327. The van der Waals surface area contributed by atoms with E-state index < -0.39 is 5.60 Å². The minimum Gasteiger partial charge on any atom is -0.375 e. The second-order valence-corrected chi connectivity index (χ2v) is 7.47. The van der Waals surface area contributed by atoms with Crippen LogP contribution in [0, 0.1) is 23.7 Å². The first-order chi connectivity index (χ1) is 11.2. The van der Waals surface area contributed by atoms with E-state index in [0.717, 1.165) is 56.2 Å². The van der Waals surface area contributed by atoms with Crippen LogP contribution < -0.4 is 10.6 Å². The zero-order chi connectivity index (χ0) is 15.9. The second kappa shape index (κ2) is 5.91. The molecule has 1 aliphatic heterocycles. The lowest BCUT2D eigenvalue weighted by molar-refractivity contribution is -0.147. The fourth-order valence-corrected chi connectivity index (χ4v) is 4.78. The van der Waals surface area contributed by atoms with Crippen LogP contribution in [0.5, 0.6) is 0 Å². The Bertz CT molecular complexity index is 560. The van der Waals surface area contributed by atoms with Crippen molar-refractivity contribution in [2.45, 2.75) is 31.3 Å². The van der Waals surface area contributed by atoms with Crippen LogP contribution in [0.15, 0.2) is 30.3 Å². The van der Waals surface area contributed by atoms with Gasteiger partial charge in [-0.3, -0.25) is 4.79 Å². The van der Waals surface area contributed by atoms with Crippen LogP contribution in [0.2, 0.25) is 0 Å². The molecule has 2 aliphatic carbocycles. The molecule has 4 rings (SSSR count). The number of carbonyl (C=O) groups is 1. The standard InChI is InChI=1S/C19H26N2O2/c22-18(21-12-17-15-10-20-11-16(15)17)19(23,14-8-4-5-9-14)13-6-2-1-3-7-13/h1-3,6-7,14-17,20,23H,4-5,8-12H2,(H,21,22)/t15-,16+,17?,19-/m0/s1. The Morgan fingerprint density at radius 1 is 1.17 bits per heavy atom. The monoisotopic (exact) mass is 314 g/mol. The van der Waals surface area contributed by atoms with Crippen LogP contribution in [0.4, 0.5) is 0 Å². The molecule has 1 saturated heterocycles. The predicted molar refractivity (Wildman–Crippen MR) is 88.6 cm³/mol. The summed E-state index contributed by atoms with van der Waals surface area (Å²) in [7, 11) is 0. The second-order valence-electron chi connectivity index (χ2n) is 7.47. The largest absolute Gasteiger partial charge is 0.375 e. The van der Waals surface area contributed by atoms with E-state index in [1.54, 1.807) is 0 Å². The van der Waals surface area contributed by atoms with Crippen molar-refractivity contribution in [1.82, 2.24) is 10.6 Å². The van der Waals surface area contributed by atoms with Crippen molar-refractivity contribution >= 4 is 5.91 Å². The van der Waals surface area contributed by atoms with Gasteiger partial charge in [-0.15, -0.1) is 0 Å². The summed E-state index contributed by atoms with van der Waals surface area (Å²) in [6, 6.07) is 9.50. The smallest absolute Gasteiger partial charge is 0.256 e. The Hall–Kier alpha value is -1.39. The van der Waals surface area contributed by atoms with Crippen LogP contribution in [0.25, 0.3) is 0 Å². The highest BCUT2D eigenvalue weighted by atomic mass is 16.3. The van der Waals surface area contributed by atoms with Gasteiger partial charge in [0, 0.05) is 12.5 Å². The average molecular weight is 314 g/mol. The molecule has 23 heavy (non-hydrogen) atoms. The summed E-state index contributed by atoms with van der Waals surface area (Å²) in [5.74, 6) is 1.89. The molecular formula is C19H26N2O2. The molecular weight excluding hydrogens is 288 g/mol. The van der Waals surface area contributed by atoms with Gasteiger partial charge in [-0.25, -0.2) is 0 Å². The van der Waals surface area contributed by atoms with Crippen molar-refractivity contribution in [3.63, 3.8) is 0 Å². The highest BCUT2D eigenvalue weighted by Gasteiger charge is 2.53. The summed E-state index contributed by atoms with van der Waals surface area (Å²) >= 11 is 0. The first kappa shape index (κ1) is 15.2. The number of benzene rings is 1. The molecule has 0 radical (unpaired) electrons. The molecule has 4 atom stereocenters. The van der Waals surface area contributed by atoms with Gasteiger partial charge in [0.1, 0.15) is 0 Å². The Balaban J connectivity index is 1.49. The number of piperidine rings is 1. The van der Waals surface area contributed by atoms with Crippen molar-refractivity contribution in [2.24, 2.45) is 23.7 Å². The Morgan fingerprint density at radius 2 is 1.83 bits per heavy atom. The molecule has 3 N–H and O–H groups in total. The van der Waals surface area contributed by atoms with Gasteiger partial charge < -0.3 is 15.7 Å². The van der Waals surface area contributed by atoms with E-state index in [1.807, 2.05) is 30.3 Å². The Labute approximate surface area is 137 Å². The lowest BCUT2D eigenvalue weighted by Gasteiger charge is -2.33. The predicted octanol–water partition coefficient (Wildman–Crippen LogP) is 1.65. The van der Waals surface area contributed by atoms with E-state index in [4.69, 9.17) is 0 Å². The van der Waals surface area contributed by atoms with Crippen molar-refractivity contribution in [2.75, 3.05) is 19.6 Å². The number of hydrogen-bond donors (Lipinski definition) is 3. The third-order valence-electron chi connectivity index (χ3n) is 6.27. The molecule has 0 bridgehead atoms. The van der Waals surface area contributed by atoms with Crippen molar-refractivity contribution < 1.29 is 9.90 Å². The minimum atomic E-state index is -1.37. The average Bonchev–Trinajstić information content (AvgIpc) is 3.02. The molecule has 4 nitrogen and oxygen atoms in total. The normalized spacial score (nSPS) is 32.3. The van der Waals surface area contributed by atoms with Crippen molar-refractivity contribution in [1.29, 1.82) is 0 Å². The third kappa shape index (κ3) is 2.58. The quantitative estimate of drug-likeness (QED) is 0.774. The number of carbonyl (C=O) groups excluding carboxylic acids is 1. The number of fused-ring (bicyclic) bond motifs is 1. The SMILES string of the molecule is O=C(NCC1[C@H]2CNC[C@@H]12)[C@](O)(c1ccccc1)C1CCCC1. The topological polar surface area (TPSA) is 61.4 Å². The molecule has 3 aliphatic rings. The summed E-state index contributed by atoms with van der Waals surface area (Å²) in [5.41, 5.74) is -0.637. The van der Waals surface area contributed by atoms with Gasteiger partial charge in [-0.05, 0) is 49.2 Å². The third-order valence-corrected chi connectivity index (χ3v) is 6.27. The van der Waals surface area contributed by atoms with Gasteiger partial charge in [0.05, 0.1) is 0 Å². The van der Waals surface area contributed by atoms with Crippen LogP contribution >= 0.6 is 0 Å². The van der Waals surface area contributed by atoms with Crippen molar-refractivity contribution in [3.8, 4) is 0 Å². The van der Waals surface area contributed by atoms with Crippen LogP contribution in [-0.4, -0.2) is 30.6 Å². The fraction of sp³-hybridized carbons (Fsp3) is 0.632. The summed E-state index contributed by atoms with van der Waals surface area (Å²) in [4.78, 5) is 12.9. The Morgan fingerprint density at radius 3 is 2.48 bits per heavy atom. The summed E-state index contributed by atoms with van der Waals surface area (Å²) in [5, 5.41) is 17.8. The van der Waals surface area contributed by atoms with Gasteiger partial charge >= 0.3 is 0 Å². The molecule has 0 aromatic heterocycles. The zero-order valence-corrected chi connectivity index (χ0v) is 13.5. The summed E-state index contributed by atoms with van der Waals surface area (Å²) in [6.07, 6.45) is 4.06. The van der Waals surface area contributed by atoms with Gasteiger partial charge in [0.25, 0.3) is 5.91 Å². The first-order valence-electron chi connectivity index (χ1n) is 8.98. The van der Waals surface area contributed by atoms with Gasteiger partial charge in [-0.1, -0.05) is 43.2 Å². The van der Waals surface area contributed by atoms with Gasteiger partial charge in [-0.2, -0.15) is 0 Å². The fourth-order valence-electron chi connectivity index (χ4n) is 4.78. The molecule has 1 aromatic carbocycles. The van der Waals surface area contributed by atoms with Crippen molar-refractivity contribution in [3.05, 3.63) is 35.9 Å². The molecule has 124 valence electrons. The maximum atomic E-state index is 12.9. The maximum Gasteiger partial charge on any atom is 0.256 e. The van der Waals surface area contributed by atoms with E-state index in [9.17, 15) is 9.90 Å². The highest BCUT2D eigenvalue weighted by Crippen LogP contribution is 2.48. The molecule has 1 heterocycles. The lowest BCUT2D eigenvalue weighted by atomic mass is 9.79. The number of hydrogen-bond acceptors (Lipinski definition) is 3. The van der Waals surface area contributed by atoms with Crippen LogP contribution in [-0.2, 0) is 10.4 Å². The molecule has 3 fully saturated rings. The van der Waals surface area contributed by atoms with Gasteiger partial charge in [0.15, 0.2) is 5.60 Å². The summed E-state index contributed by atoms with van der Waals surface area (Å²) < 4.78 is 0. The van der Waals surface area contributed by atoms with Gasteiger partial charge in [0.2, 0.25) is 0 Å². The molecule has 1 amide bonds. The van der Waals surface area contributed by atoms with E-state index in [-0.39, 0.29) is 11.8 Å². The Kier molecular flexibility index (Phi) is 3.90. The highest BCUT2D eigenvalue weighted by molar-refractivity contribution is 5.86. The number of rotatable bonds is 5.